The lowest BCUT2D eigenvalue weighted by Gasteiger charge is -2.20. The van der Waals surface area contributed by atoms with Crippen molar-refractivity contribution >= 4 is 23.2 Å². The van der Waals surface area contributed by atoms with E-state index >= 15 is 0 Å². The maximum Gasteiger partial charge on any atom is 0.282 e. The molecule has 0 fully saturated rings. The van der Waals surface area contributed by atoms with Crippen molar-refractivity contribution in [1.82, 2.24) is 14.8 Å². The standard InChI is InChI=1S/C22H23FN4O2S/c1-26(2)13-12-24-21(29)19(16-8-4-3-5-9-16)27-14-15-30-22(27)25-20(28)17-10-6-7-11-18(17)23/h3-11,14-15,19H,12-13H2,1-2H3,(H,24,29). The lowest BCUT2D eigenvalue weighted by Crippen LogP contribution is -2.39. The third-order valence-corrected chi connectivity index (χ3v) is 5.19. The average Bonchev–Trinajstić information content (AvgIpc) is 3.16. The van der Waals surface area contributed by atoms with Crippen LogP contribution in [0.25, 0.3) is 0 Å². The zero-order chi connectivity index (χ0) is 21.5. The lowest BCUT2D eigenvalue weighted by molar-refractivity contribution is -0.123. The summed E-state index contributed by atoms with van der Waals surface area (Å²) in [6.07, 6.45) is 1.71. The van der Waals surface area contributed by atoms with Crippen LogP contribution in [-0.2, 0) is 4.79 Å². The summed E-state index contributed by atoms with van der Waals surface area (Å²) in [6.45, 7) is 1.19. The number of halogens is 1. The Bertz CT molecular complexity index is 1080. The number of hydrogen-bond donors (Lipinski definition) is 1. The normalized spacial score (nSPS) is 12.7. The van der Waals surface area contributed by atoms with Gasteiger partial charge in [-0.05, 0) is 31.8 Å². The molecule has 0 saturated carbocycles. The van der Waals surface area contributed by atoms with Crippen LogP contribution in [0.4, 0.5) is 4.39 Å². The highest BCUT2D eigenvalue weighted by Crippen LogP contribution is 2.18. The number of likely N-dealkylation sites (N-methyl/N-ethyl adjacent to an activating group) is 1. The average molecular weight is 427 g/mol. The number of nitrogens with zero attached hydrogens (tertiary/aromatic N) is 3. The number of carbonyl (C=O) groups is 2. The summed E-state index contributed by atoms with van der Waals surface area (Å²) < 4.78 is 15.6. The molecule has 0 spiro atoms. The van der Waals surface area contributed by atoms with E-state index in [2.05, 4.69) is 10.3 Å². The number of benzene rings is 2. The summed E-state index contributed by atoms with van der Waals surface area (Å²) in [5.41, 5.74) is 0.655. The fraction of sp³-hybridized carbons (Fsp3) is 0.227. The fourth-order valence-electron chi connectivity index (χ4n) is 2.92. The van der Waals surface area contributed by atoms with E-state index in [4.69, 9.17) is 0 Å². The molecule has 3 aromatic rings. The number of hydrogen-bond acceptors (Lipinski definition) is 4. The van der Waals surface area contributed by atoms with E-state index in [1.165, 1.54) is 29.5 Å². The van der Waals surface area contributed by atoms with Gasteiger partial charge in [0.25, 0.3) is 5.91 Å². The second kappa shape index (κ2) is 10.1. The molecule has 156 valence electrons. The van der Waals surface area contributed by atoms with Gasteiger partial charge in [0.1, 0.15) is 11.9 Å². The molecule has 1 heterocycles. The van der Waals surface area contributed by atoms with Gasteiger partial charge in [-0.2, -0.15) is 4.99 Å². The molecule has 2 aromatic carbocycles. The number of amides is 2. The Morgan fingerprint density at radius 1 is 1.13 bits per heavy atom. The van der Waals surface area contributed by atoms with Crippen molar-refractivity contribution in [2.75, 3.05) is 27.2 Å². The predicted octanol–water partition coefficient (Wildman–Crippen LogP) is 2.70. The Morgan fingerprint density at radius 3 is 2.53 bits per heavy atom. The van der Waals surface area contributed by atoms with Gasteiger partial charge < -0.3 is 14.8 Å². The molecule has 0 bridgehead atoms. The molecule has 2 amide bonds. The molecule has 1 atom stereocenters. The van der Waals surface area contributed by atoms with Crippen LogP contribution in [0.2, 0.25) is 0 Å². The molecule has 1 N–H and O–H groups in total. The minimum Gasteiger partial charge on any atom is -0.353 e. The van der Waals surface area contributed by atoms with E-state index in [-0.39, 0.29) is 11.5 Å². The summed E-state index contributed by atoms with van der Waals surface area (Å²) in [5.74, 6) is -1.53. The number of rotatable bonds is 7. The number of carbonyl (C=O) groups excluding carboxylic acids is 2. The van der Waals surface area contributed by atoms with Crippen molar-refractivity contribution < 1.29 is 14.0 Å². The summed E-state index contributed by atoms with van der Waals surface area (Å²) >= 11 is 1.21. The van der Waals surface area contributed by atoms with Crippen LogP contribution in [0.15, 0.2) is 71.2 Å². The van der Waals surface area contributed by atoms with E-state index in [1.807, 2.05) is 49.3 Å². The molecule has 3 rings (SSSR count). The summed E-state index contributed by atoms with van der Waals surface area (Å²) in [4.78, 5) is 32.0. The number of nitrogens with one attached hydrogen (secondary N) is 1. The zero-order valence-corrected chi connectivity index (χ0v) is 17.6. The monoisotopic (exact) mass is 426 g/mol. The molecule has 0 aliphatic rings. The molecule has 8 heteroatoms. The minimum absolute atomic E-state index is 0.107. The Balaban J connectivity index is 1.98. The Kier molecular flexibility index (Phi) is 7.26. The molecular weight excluding hydrogens is 403 g/mol. The van der Waals surface area contributed by atoms with Gasteiger partial charge in [0, 0.05) is 24.7 Å². The van der Waals surface area contributed by atoms with E-state index in [0.717, 1.165) is 5.56 Å². The largest absolute Gasteiger partial charge is 0.353 e. The van der Waals surface area contributed by atoms with Crippen LogP contribution in [0.1, 0.15) is 22.0 Å². The highest BCUT2D eigenvalue weighted by atomic mass is 32.1. The van der Waals surface area contributed by atoms with Gasteiger partial charge in [-0.25, -0.2) is 4.39 Å². The fourth-order valence-corrected chi connectivity index (χ4v) is 3.65. The highest BCUT2D eigenvalue weighted by molar-refractivity contribution is 7.07. The van der Waals surface area contributed by atoms with E-state index in [0.29, 0.717) is 17.9 Å². The van der Waals surface area contributed by atoms with Gasteiger partial charge in [-0.3, -0.25) is 9.59 Å². The first kappa shape index (κ1) is 21.6. The van der Waals surface area contributed by atoms with Crippen LogP contribution < -0.4 is 10.1 Å². The second-order valence-electron chi connectivity index (χ2n) is 6.90. The summed E-state index contributed by atoms with van der Waals surface area (Å²) in [6, 6.07) is 14.3. The molecular formula is C22H23FN4O2S. The van der Waals surface area contributed by atoms with Gasteiger partial charge in [0.05, 0.1) is 5.56 Å². The quantitative estimate of drug-likeness (QED) is 0.632. The molecule has 6 nitrogen and oxygen atoms in total. The van der Waals surface area contributed by atoms with Crippen molar-refractivity contribution in [2.45, 2.75) is 6.04 Å². The van der Waals surface area contributed by atoms with E-state index in [1.54, 1.807) is 22.2 Å². The SMILES string of the molecule is CN(C)CCNC(=O)C(c1ccccc1)n1ccsc1=NC(=O)c1ccccc1F. The molecule has 0 saturated heterocycles. The number of aromatic nitrogens is 1. The first-order valence-corrected chi connectivity index (χ1v) is 10.3. The molecule has 1 aromatic heterocycles. The maximum atomic E-state index is 14.0. The second-order valence-corrected chi connectivity index (χ2v) is 7.77. The van der Waals surface area contributed by atoms with Gasteiger partial charge in [0.15, 0.2) is 4.80 Å². The van der Waals surface area contributed by atoms with Crippen molar-refractivity contribution in [3.8, 4) is 0 Å². The van der Waals surface area contributed by atoms with Crippen molar-refractivity contribution in [1.29, 1.82) is 0 Å². The third kappa shape index (κ3) is 5.28. The third-order valence-electron chi connectivity index (χ3n) is 4.42. The zero-order valence-electron chi connectivity index (χ0n) is 16.8. The van der Waals surface area contributed by atoms with Gasteiger partial charge in [0.2, 0.25) is 5.91 Å². The van der Waals surface area contributed by atoms with Crippen LogP contribution in [-0.4, -0.2) is 48.5 Å². The summed E-state index contributed by atoms with van der Waals surface area (Å²) in [5, 5.41) is 4.69. The maximum absolute atomic E-state index is 14.0. The highest BCUT2D eigenvalue weighted by Gasteiger charge is 2.23. The molecule has 30 heavy (non-hydrogen) atoms. The van der Waals surface area contributed by atoms with Crippen molar-refractivity contribution in [3.05, 3.63) is 87.9 Å². The van der Waals surface area contributed by atoms with Crippen molar-refractivity contribution in [2.24, 2.45) is 4.99 Å². The van der Waals surface area contributed by atoms with Crippen molar-refractivity contribution in [3.63, 3.8) is 0 Å². The van der Waals surface area contributed by atoms with Crippen LogP contribution in [0.3, 0.4) is 0 Å². The topological polar surface area (TPSA) is 66.7 Å². The van der Waals surface area contributed by atoms with Gasteiger partial charge in [-0.15, -0.1) is 11.3 Å². The Morgan fingerprint density at radius 2 is 1.83 bits per heavy atom. The molecule has 0 aliphatic heterocycles. The van der Waals surface area contributed by atoms with E-state index < -0.39 is 17.8 Å². The molecule has 1 unspecified atom stereocenters. The molecule has 0 radical (unpaired) electrons. The predicted molar refractivity (Wildman–Crippen MR) is 115 cm³/mol. The lowest BCUT2D eigenvalue weighted by atomic mass is 10.1. The summed E-state index contributed by atoms with van der Waals surface area (Å²) in [7, 11) is 3.86. The smallest absolute Gasteiger partial charge is 0.282 e. The Hall–Kier alpha value is -3.10. The van der Waals surface area contributed by atoms with Gasteiger partial charge in [-0.1, -0.05) is 42.5 Å². The Labute approximate surface area is 178 Å². The van der Waals surface area contributed by atoms with Crippen LogP contribution >= 0.6 is 11.3 Å². The first-order chi connectivity index (χ1) is 14.5. The number of thiazole rings is 1. The van der Waals surface area contributed by atoms with E-state index in [9.17, 15) is 14.0 Å². The first-order valence-electron chi connectivity index (χ1n) is 9.44. The minimum atomic E-state index is -0.702. The van der Waals surface area contributed by atoms with Crippen LogP contribution in [0.5, 0.6) is 0 Å². The van der Waals surface area contributed by atoms with Crippen LogP contribution in [0, 0.1) is 5.82 Å². The van der Waals surface area contributed by atoms with Gasteiger partial charge >= 0.3 is 0 Å². The molecule has 0 aliphatic carbocycles.